The quantitative estimate of drug-likeness (QED) is 0.358. The molecule has 3 unspecified atom stereocenters. The third kappa shape index (κ3) is 6.51. The van der Waals surface area contributed by atoms with Crippen LogP contribution in [0, 0.1) is 0 Å². The Morgan fingerprint density at radius 2 is 2.08 bits per heavy atom. The van der Waals surface area contributed by atoms with Gasteiger partial charge in [-0.05, 0) is 80.5 Å². The Morgan fingerprint density at radius 3 is 2.95 bits per heavy atom. The topological polar surface area (TPSA) is 72.9 Å². The van der Waals surface area contributed by atoms with E-state index in [1.54, 1.807) is 0 Å². The van der Waals surface area contributed by atoms with E-state index in [1.807, 2.05) is 12.1 Å². The number of nitrogens with one attached hydrogen (secondary N) is 1. The number of methoxy groups -OCH3 is 1. The van der Waals surface area contributed by atoms with Gasteiger partial charge in [0.15, 0.2) is 0 Å². The van der Waals surface area contributed by atoms with Crippen molar-refractivity contribution in [2.45, 2.75) is 76.0 Å². The van der Waals surface area contributed by atoms with Crippen LogP contribution in [0.4, 0.5) is 5.82 Å². The number of unbranched alkanes of at least 4 members (excludes halogenated alkanes) is 1. The van der Waals surface area contributed by atoms with Crippen LogP contribution in [0.3, 0.4) is 0 Å². The molecule has 0 spiro atoms. The molecule has 2 saturated heterocycles. The summed E-state index contributed by atoms with van der Waals surface area (Å²) in [7, 11) is 1.48. The van der Waals surface area contributed by atoms with E-state index >= 15 is 0 Å². The highest BCUT2D eigenvalue weighted by Gasteiger charge is 2.37. The summed E-state index contributed by atoms with van der Waals surface area (Å²) in [5.41, 5.74) is 4.62. The number of hydrogen-bond donors (Lipinski definition) is 1. The maximum absolute atomic E-state index is 13.0. The zero-order valence-electron chi connectivity index (χ0n) is 22.1. The summed E-state index contributed by atoms with van der Waals surface area (Å²) in [4.78, 5) is 20.0. The van der Waals surface area contributed by atoms with E-state index in [4.69, 9.17) is 19.2 Å². The number of aromatic nitrogens is 1. The zero-order valence-corrected chi connectivity index (χ0v) is 22.1. The number of aryl methyl sites for hydroxylation is 2. The number of anilines is 1. The summed E-state index contributed by atoms with van der Waals surface area (Å²) >= 11 is 0. The van der Waals surface area contributed by atoms with Gasteiger partial charge in [-0.15, -0.1) is 0 Å². The number of rotatable bonds is 10. The van der Waals surface area contributed by atoms with Crippen LogP contribution in [0.1, 0.15) is 79.5 Å². The van der Waals surface area contributed by atoms with Crippen molar-refractivity contribution in [3.8, 4) is 0 Å². The highest BCUT2D eigenvalue weighted by Crippen LogP contribution is 2.36. The van der Waals surface area contributed by atoms with Crippen LogP contribution in [0.15, 0.2) is 36.4 Å². The van der Waals surface area contributed by atoms with Crippen LogP contribution >= 0.6 is 0 Å². The lowest BCUT2D eigenvalue weighted by Crippen LogP contribution is -2.35. The van der Waals surface area contributed by atoms with Crippen molar-refractivity contribution < 1.29 is 19.0 Å². The fourth-order valence-corrected chi connectivity index (χ4v) is 5.91. The van der Waals surface area contributed by atoms with Gasteiger partial charge in [0.2, 0.25) is 0 Å². The zero-order chi connectivity index (χ0) is 25.5. The molecule has 200 valence electrons. The summed E-state index contributed by atoms with van der Waals surface area (Å²) in [6, 6.07) is 12.2. The Labute approximate surface area is 220 Å². The molecule has 3 atom stereocenters. The molecule has 0 bridgehead atoms. The number of nitrogens with zero attached hydrogens (tertiary/aromatic N) is 2. The fourth-order valence-electron chi connectivity index (χ4n) is 5.91. The maximum atomic E-state index is 13.0. The van der Waals surface area contributed by atoms with E-state index in [2.05, 4.69) is 34.5 Å². The first-order chi connectivity index (χ1) is 18.2. The third-order valence-corrected chi connectivity index (χ3v) is 7.92. The summed E-state index contributed by atoms with van der Waals surface area (Å²) in [6.07, 6.45) is 9.70. The van der Waals surface area contributed by atoms with Gasteiger partial charge >= 0.3 is 5.97 Å². The second kappa shape index (κ2) is 12.9. The third-order valence-electron chi connectivity index (χ3n) is 7.92. The molecule has 1 N–H and O–H groups in total. The number of carbonyl (C=O) groups is 1. The first kappa shape index (κ1) is 26.1. The second-order valence-electron chi connectivity index (χ2n) is 10.5. The Morgan fingerprint density at radius 1 is 1.16 bits per heavy atom. The van der Waals surface area contributed by atoms with Gasteiger partial charge in [-0.1, -0.05) is 30.3 Å². The van der Waals surface area contributed by atoms with E-state index in [1.165, 1.54) is 19.1 Å². The lowest BCUT2D eigenvalue weighted by atomic mass is 9.92. The van der Waals surface area contributed by atoms with Crippen molar-refractivity contribution in [1.29, 1.82) is 0 Å². The number of ether oxygens (including phenoxy) is 3. The minimum absolute atomic E-state index is 0.0483. The molecular formula is C30H41N3O4. The molecule has 7 nitrogen and oxygen atoms in total. The van der Waals surface area contributed by atoms with E-state index in [9.17, 15) is 4.79 Å². The van der Waals surface area contributed by atoms with Gasteiger partial charge in [-0.3, -0.25) is 4.90 Å². The Hall–Kier alpha value is -2.48. The van der Waals surface area contributed by atoms with Crippen molar-refractivity contribution >= 4 is 11.8 Å². The van der Waals surface area contributed by atoms with E-state index in [0.29, 0.717) is 0 Å². The second-order valence-corrected chi connectivity index (χ2v) is 10.5. The van der Waals surface area contributed by atoms with Crippen LogP contribution in [-0.4, -0.2) is 61.9 Å². The van der Waals surface area contributed by atoms with Gasteiger partial charge in [0, 0.05) is 38.5 Å². The number of hydrogen-bond acceptors (Lipinski definition) is 7. The lowest BCUT2D eigenvalue weighted by Gasteiger charge is -2.31. The van der Waals surface area contributed by atoms with Crippen LogP contribution < -0.4 is 5.32 Å². The standard InChI is InChI=1S/C30H41N3O4/c1-35-30(34)28(26-12-3-2-11-25(26)27-13-5-7-20-37-27)33-18-16-24(21-33)36-19-6-4-10-23-15-14-22-9-8-17-31-29(22)32-23/h2-3,11-12,14-15,24,27-28H,4-10,13,16-21H2,1H3,(H,31,32). The van der Waals surface area contributed by atoms with Crippen LogP contribution in [0.25, 0.3) is 0 Å². The minimum atomic E-state index is -0.427. The maximum Gasteiger partial charge on any atom is 0.327 e. The van der Waals surface area contributed by atoms with E-state index in [-0.39, 0.29) is 18.2 Å². The largest absolute Gasteiger partial charge is 0.468 e. The molecule has 0 aliphatic carbocycles. The Kier molecular flexibility index (Phi) is 9.08. The molecule has 0 amide bonds. The molecule has 1 aromatic heterocycles. The summed E-state index contributed by atoms with van der Waals surface area (Å²) in [5.74, 6) is 0.860. The van der Waals surface area contributed by atoms with Crippen LogP contribution in [0.5, 0.6) is 0 Å². The van der Waals surface area contributed by atoms with E-state index < -0.39 is 6.04 Å². The van der Waals surface area contributed by atoms with Crippen LogP contribution in [-0.2, 0) is 31.8 Å². The fraction of sp³-hybridized carbons (Fsp3) is 0.600. The predicted octanol–water partition coefficient (Wildman–Crippen LogP) is 5.01. The first-order valence-corrected chi connectivity index (χ1v) is 14.1. The SMILES string of the molecule is COC(=O)C(c1ccccc1C1CCCCO1)N1CCC(OCCCCc2ccc3c(n2)NCCC3)C1. The van der Waals surface area contributed by atoms with Gasteiger partial charge in [0.1, 0.15) is 11.9 Å². The number of likely N-dealkylation sites (tertiary alicyclic amines) is 1. The van der Waals surface area contributed by atoms with Gasteiger partial charge in [0.25, 0.3) is 0 Å². The molecule has 4 heterocycles. The average molecular weight is 508 g/mol. The van der Waals surface area contributed by atoms with Crippen molar-refractivity contribution in [2.24, 2.45) is 0 Å². The number of esters is 1. The highest BCUT2D eigenvalue weighted by molar-refractivity contribution is 5.78. The molecule has 3 aliphatic heterocycles. The van der Waals surface area contributed by atoms with Crippen molar-refractivity contribution in [1.82, 2.24) is 9.88 Å². The number of carbonyl (C=O) groups excluding carboxylic acids is 1. The molecule has 2 fully saturated rings. The minimum Gasteiger partial charge on any atom is -0.468 e. The van der Waals surface area contributed by atoms with Crippen molar-refractivity contribution in [3.63, 3.8) is 0 Å². The smallest absolute Gasteiger partial charge is 0.327 e. The normalized spacial score (nSPS) is 22.7. The molecule has 0 radical (unpaired) electrons. The highest BCUT2D eigenvalue weighted by atomic mass is 16.5. The number of pyridine rings is 1. The van der Waals surface area contributed by atoms with Gasteiger partial charge in [-0.2, -0.15) is 0 Å². The number of benzene rings is 1. The first-order valence-electron chi connectivity index (χ1n) is 14.1. The average Bonchev–Trinajstić information content (AvgIpc) is 3.41. The van der Waals surface area contributed by atoms with Gasteiger partial charge in [0.05, 0.1) is 19.3 Å². The molecule has 2 aromatic rings. The Bertz CT molecular complexity index is 1040. The monoisotopic (exact) mass is 507 g/mol. The lowest BCUT2D eigenvalue weighted by molar-refractivity contribution is -0.147. The summed E-state index contributed by atoms with van der Waals surface area (Å²) < 4.78 is 17.6. The predicted molar refractivity (Wildman–Crippen MR) is 144 cm³/mol. The molecule has 0 saturated carbocycles. The molecule has 1 aromatic carbocycles. The van der Waals surface area contributed by atoms with Gasteiger partial charge < -0.3 is 19.5 Å². The summed E-state index contributed by atoms with van der Waals surface area (Å²) in [6.45, 7) is 4.08. The van der Waals surface area contributed by atoms with Crippen LogP contribution in [0.2, 0.25) is 0 Å². The molecule has 5 rings (SSSR count). The molecule has 3 aliphatic rings. The van der Waals surface area contributed by atoms with Crippen molar-refractivity contribution in [2.75, 3.05) is 45.3 Å². The van der Waals surface area contributed by atoms with Crippen molar-refractivity contribution in [3.05, 3.63) is 58.8 Å². The summed E-state index contributed by atoms with van der Waals surface area (Å²) in [5, 5.41) is 3.42. The molecule has 37 heavy (non-hydrogen) atoms. The Balaban J connectivity index is 1.13. The van der Waals surface area contributed by atoms with E-state index in [0.717, 1.165) is 107 Å². The number of fused-ring (bicyclic) bond motifs is 1. The van der Waals surface area contributed by atoms with Gasteiger partial charge in [-0.25, -0.2) is 9.78 Å². The molecule has 7 heteroatoms. The molecular weight excluding hydrogens is 466 g/mol.